The molecule has 1 amide bonds. The molecule has 0 radical (unpaired) electrons. The Balaban J connectivity index is 2.08. The fourth-order valence-corrected chi connectivity index (χ4v) is 2.20. The molecular formula is C15H22N2O3. The van der Waals surface area contributed by atoms with Crippen molar-refractivity contribution >= 4 is 11.6 Å². The zero-order valence-corrected chi connectivity index (χ0v) is 12.1. The van der Waals surface area contributed by atoms with E-state index in [2.05, 4.69) is 0 Å². The molecule has 20 heavy (non-hydrogen) atoms. The second-order valence-corrected chi connectivity index (χ2v) is 5.32. The van der Waals surface area contributed by atoms with E-state index in [0.717, 1.165) is 26.1 Å². The quantitative estimate of drug-likeness (QED) is 0.853. The third-order valence-electron chi connectivity index (χ3n) is 3.46. The average molecular weight is 278 g/mol. The minimum Gasteiger partial charge on any atom is -0.492 e. The van der Waals surface area contributed by atoms with Crippen molar-refractivity contribution in [3.8, 4) is 5.75 Å². The molecule has 0 unspecified atom stereocenters. The molecule has 2 rings (SSSR count). The standard InChI is InChI=1S/C15H22N2O3/c1-17(2)15(18)13-4-3-12(16)9-14(13)20-10-11-5-7-19-8-6-11/h3-4,9,11H,5-8,10,16H2,1-2H3. The number of nitrogens with zero attached hydrogens (tertiary/aromatic N) is 1. The maximum atomic E-state index is 12.1. The van der Waals surface area contributed by atoms with Crippen LogP contribution < -0.4 is 10.5 Å². The summed E-state index contributed by atoms with van der Waals surface area (Å²) in [4.78, 5) is 13.6. The zero-order chi connectivity index (χ0) is 14.5. The Labute approximate surface area is 119 Å². The zero-order valence-electron chi connectivity index (χ0n) is 12.1. The minimum atomic E-state index is -0.0769. The van der Waals surface area contributed by atoms with Gasteiger partial charge in [-0.2, -0.15) is 0 Å². The normalized spacial score (nSPS) is 15.9. The molecule has 1 aromatic carbocycles. The van der Waals surface area contributed by atoms with Crippen molar-refractivity contribution in [1.82, 2.24) is 4.90 Å². The second kappa shape index (κ2) is 6.61. The number of anilines is 1. The Morgan fingerprint density at radius 2 is 2.10 bits per heavy atom. The van der Waals surface area contributed by atoms with E-state index in [0.29, 0.717) is 29.5 Å². The van der Waals surface area contributed by atoms with E-state index in [1.165, 1.54) is 4.90 Å². The largest absolute Gasteiger partial charge is 0.492 e. The van der Waals surface area contributed by atoms with Crippen molar-refractivity contribution in [2.24, 2.45) is 5.92 Å². The van der Waals surface area contributed by atoms with E-state index in [9.17, 15) is 4.79 Å². The molecule has 5 heteroatoms. The van der Waals surface area contributed by atoms with Crippen LogP contribution >= 0.6 is 0 Å². The molecule has 110 valence electrons. The smallest absolute Gasteiger partial charge is 0.257 e. The van der Waals surface area contributed by atoms with Gasteiger partial charge in [0.25, 0.3) is 5.91 Å². The molecule has 1 aliphatic heterocycles. The van der Waals surface area contributed by atoms with E-state index in [1.807, 2.05) is 0 Å². The molecule has 0 atom stereocenters. The summed E-state index contributed by atoms with van der Waals surface area (Å²) in [6.07, 6.45) is 2.00. The van der Waals surface area contributed by atoms with Gasteiger partial charge in [-0.3, -0.25) is 4.79 Å². The Hall–Kier alpha value is -1.75. The predicted molar refractivity (Wildman–Crippen MR) is 77.9 cm³/mol. The Morgan fingerprint density at radius 1 is 1.40 bits per heavy atom. The number of carbonyl (C=O) groups is 1. The van der Waals surface area contributed by atoms with E-state index in [1.54, 1.807) is 32.3 Å². The molecule has 0 saturated carbocycles. The number of benzene rings is 1. The van der Waals surface area contributed by atoms with Gasteiger partial charge in [-0.25, -0.2) is 0 Å². The topological polar surface area (TPSA) is 64.8 Å². The molecule has 5 nitrogen and oxygen atoms in total. The van der Waals surface area contributed by atoms with Gasteiger partial charge in [-0.15, -0.1) is 0 Å². The third kappa shape index (κ3) is 3.63. The third-order valence-corrected chi connectivity index (χ3v) is 3.46. The van der Waals surface area contributed by atoms with E-state index >= 15 is 0 Å². The summed E-state index contributed by atoms with van der Waals surface area (Å²) in [5.41, 5.74) is 6.94. The van der Waals surface area contributed by atoms with Gasteiger partial charge in [0.15, 0.2) is 0 Å². The predicted octanol–water partition coefficient (Wildman–Crippen LogP) is 1.78. The fraction of sp³-hybridized carbons (Fsp3) is 0.533. The number of nitrogens with two attached hydrogens (primary N) is 1. The number of ether oxygens (including phenoxy) is 2. The van der Waals surface area contributed by atoms with E-state index in [-0.39, 0.29) is 5.91 Å². The number of nitrogen functional groups attached to an aromatic ring is 1. The van der Waals surface area contributed by atoms with Crippen molar-refractivity contribution in [3.63, 3.8) is 0 Å². The average Bonchev–Trinajstić information content (AvgIpc) is 2.45. The monoisotopic (exact) mass is 278 g/mol. The highest BCUT2D eigenvalue weighted by molar-refractivity contribution is 5.97. The van der Waals surface area contributed by atoms with Crippen molar-refractivity contribution in [1.29, 1.82) is 0 Å². The Kier molecular flexibility index (Phi) is 4.84. The van der Waals surface area contributed by atoms with Crippen molar-refractivity contribution < 1.29 is 14.3 Å². The van der Waals surface area contributed by atoms with Gasteiger partial charge in [0.2, 0.25) is 0 Å². The van der Waals surface area contributed by atoms with Gasteiger partial charge in [-0.1, -0.05) is 0 Å². The lowest BCUT2D eigenvalue weighted by atomic mass is 10.0. The van der Waals surface area contributed by atoms with Crippen LogP contribution in [0.1, 0.15) is 23.2 Å². The first-order chi connectivity index (χ1) is 9.58. The Bertz CT molecular complexity index is 468. The van der Waals surface area contributed by atoms with Crippen LogP contribution in [-0.4, -0.2) is 44.7 Å². The second-order valence-electron chi connectivity index (χ2n) is 5.32. The maximum Gasteiger partial charge on any atom is 0.257 e. The van der Waals surface area contributed by atoms with Gasteiger partial charge >= 0.3 is 0 Å². The first kappa shape index (κ1) is 14.7. The van der Waals surface area contributed by atoms with Crippen LogP contribution in [0.2, 0.25) is 0 Å². The molecule has 0 bridgehead atoms. The first-order valence-electron chi connectivity index (χ1n) is 6.89. The van der Waals surface area contributed by atoms with Gasteiger partial charge < -0.3 is 20.1 Å². The summed E-state index contributed by atoms with van der Waals surface area (Å²) in [5, 5.41) is 0. The first-order valence-corrected chi connectivity index (χ1v) is 6.89. The minimum absolute atomic E-state index is 0.0769. The molecule has 0 aromatic heterocycles. The highest BCUT2D eigenvalue weighted by Gasteiger charge is 2.18. The van der Waals surface area contributed by atoms with Crippen LogP contribution in [0, 0.1) is 5.92 Å². The van der Waals surface area contributed by atoms with Crippen LogP contribution in [0.25, 0.3) is 0 Å². The molecule has 1 aliphatic rings. The van der Waals surface area contributed by atoms with Crippen LogP contribution in [0.5, 0.6) is 5.75 Å². The molecule has 1 heterocycles. The SMILES string of the molecule is CN(C)C(=O)c1ccc(N)cc1OCC1CCOCC1. The highest BCUT2D eigenvalue weighted by atomic mass is 16.5. The lowest BCUT2D eigenvalue weighted by Crippen LogP contribution is -2.24. The molecule has 1 saturated heterocycles. The molecule has 0 aliphatic carbocycles. The van der Waals surface area contributed by atoms with Crippen LogP contribution in [0.15, 0.2) is 18.2 Å². The molecule has 2 N–H and O–H groups in total. The Morgan fingerprint density at radius 3 is 2.75 bits per heavy atom. The highest BCUT2D eigenvalue weighted by Crippen LogP contribution is 2.25. The van der Waals surface area contributed by atoms with Crippen LogP contribution in [0.3, 0.4) is 0 Å². The van der Waals surface area contributed by atoms with Gasteiger partial charge in [0, 0.05) is 39.1 Å². The lowest BCUT2D eigenvalue weighted by Gasteiger charge is -2.23. The summed E-state index contributed by atoms with van der Waals surface area (Å²) in [5.74, 6) is 0.967. The number of rotatable bonds is 4. The summed E-state index contributed by atoms with van der Waals surface area (Å²) >= 11 is 0. The lowest BCUT2D eigenvalue weighted by molar-refractivity contribution is 0.0493. The summed E-state index contributed by atoms with van der Waals surface area (Å²) in [6, 6.07) is 5.16. The maximum absolute atomic E-state index is 12.1. The van der Waals surface area contributed by atoms with Gasteiger partial charge in [0.1, 0.15) is 5.75 Å². The number of hydrogen-bond donors (Lipinski definition) is 1. The fourth-order valence-electron chi connectivity index (χ4n) is 2.20. The number of hydrogen-bond acceptors (Lipinski definition) is 4. The van der Waals surface area contributed by atoms with Crippen molar-refractivity contribution in [2.45, 2.75) is 12.8 Å². The van der Waals surface area contributed by atoms with Crippen LogP contribution in [0.4, 0.5) is 5.69 Å². The van der Waals surface area contributed by atoms with Crippen molar-refractivity contribution in [2.75, 3.05) is 39.6 Å². The molecule has 1 fully saturated rings. The van der Waals surface area contributed by atoms with E-state index < -0.39 is 0 Å². The number of amides is 1. The van der Waals surface area contributed by atoms with E-state index in [4.69, 9.17) is 15.2 Å². The molecule has 1 aromatic rings. The molecule has 0 spiro atoms. The summed E-state index contributed by atoms with van der Waals surface area (Å²) in [7, 11) is 3.45. The molecular weight excluding hydrogens is 256 g/mol. The van der Waals surface area contributed by atoms with Crippen LogP contribution in [-0.2, 0) is 4.74 Å². The number of carbonyl (C=O) groups excluding carboxylic acids is 1. The van der Waals surface area contributed by atoms with Crippen molar-refractivity contribution in [3.05, 3.63) is 23.8 Å². The summed E-state index contributed by atoms with van der Waals surface area (Å²) in [6.45, 7) is 2.17. The van der Waals surface area contributed by atoms with Gasteiger partial charge in [-0.05, 0) is 30.9 Å². The summed E-state index contributed by atoms with van der Waals surface area (Å²) < 4.78 is 11.2. The van der Waals surface area contributed by atoms with Gasteiger partial charge in [0.05, 0.1) is 12.2 Å².